The number of halogens is 2. The molecule has 1 aliphatic carbocycles. The van der Waals surface area contributed by atoms with Gasteiger partial charge in [-0.3, -0.25) is 4.79 Å². The lowest BCUT2D eigenvalue weighted by molar-refractivity contribution is -0.152. The van der Waals surface area contributed by atoms with Crippen LogP contribution in [0.2, 0.25) is 10.0 Å². The largest absolute Gasteiger partial charge is 0.489 e. The van der Waals surface area contributed by atoms with Crippen LogP contribution in [-0.2, 0) is 11.2 Å². The average molecular weight is 478 g/mol. The van der Waals surface area contributed by atoms with E-state index in [0.717, 1.165) is 10.8 Å². The van der Waals surface area contributed by atoms with Crippen LogP contribution in [0.25, 0.3) is 0 Å². The molecule has 0 spiro atoms. The lowest BCUT2D eigenvalue weighted by atomic mass is 9.70. The first kappa shape index (κ1) is 21.9. The quantitative estimate of drug-likeness (QED) is 0.419. The summed E-state index contributed by atoms with van der Waals surface area (Å²) in [6, 6.07) is 10.9. The minimum Gasteiger partial charge on any atom is -0.489 e. The van der Waals surface area contributed by atoms with Crippen LogP contribution in [0, 0.1) is 5.41 Å². The van der Waals surface area contributed by atoms with Gasteiger partial charge in [0.1, 0.15) is 16.6 Å². The van der Waals surface area contributed by atoms with E-state index in [-0.39, 0.29) is 6.10 Å². The maximum absolute atomic E-state index is 12.3. The zero-order chi connectivity index (χ0) is 21.8. The van der Waals surface area contributed by atoms with E-state index >= 15 is 0 Å². The summed E-state index contributed by atoms with van der Waals surface area (Å²) in [6.45, 7) is 0. The molecule has 162 valence electrons. The highest BCUT2D eigenvalue weighted by Gasteiger charge is 2.43. The third-order valence-electron chi connectivity index (χ3n) is 5.55. The fourth-order valence-corrected chi connectivity index (χ4v) is 4.74. The Balaban J connectivity index is 1.43. The number of hydrogen-bond donors (Lipinski definition) is 2. The molecule has 1 saturated carbocycles. The highest BCUT2D eigenvalue weighted by Crippen LogP contribution is 2.42. The van der Waals surface area contributed by atoms with Crippen molar-refractivity contribution in [3.05, 3.63) is 63.7 Å². The van der Waals surface area contributed by atoms with E-state index in [4.69, 9.17) is 27.9 Å². The summed E-state index contributed by atoms with van der Waals surface area (Å²) in [5.41, 5.74) is -0.133. The molecule has 0 amide bonds. The number of aromatic nitrogens is 2. The highest BCUT2D eigenvalue weighted by atomic mass is 35.5. The third-order valence-corrected chi connectivity index (χ3v) is 7.04. The van der Waals surface area contributed by atoms with E-state index in [2.05, 4.69) is 15.3 Å². The SMILES string of the molecule is O=C(O)[C@]1(Cc2cccc(Nc3nccs3)n2)CC[C@@H](Oc2cccc(Cl)c2Cl)CC1. The van der Waals surface area contributed by atoms with Crippen LogP contribution in [0.15, 0.2) is 48.0 Å². The van der Waals surface area contributed by atoms with Gasteiger partial charge in [0, 0.05) is 23.7 Å². The summed E-state index contributed by atoms with van der Waals surface area (Å²) < 4.78 is 6.03. The molecule has 2 heterocycles. The monoisotopic (exact) mass is 477 g/mol. The Morgan fingerprint density at radius 1 is 1.23 bits per heavy atom. The summed E-state index contributed by atoms with van der Waals surface area (Å²) in [4.78, 5) is 21.1. The summed E-state index contributed by atoms with van der Waals surface area (Å²) in [7, 11) is 0. The van der Waals surface area contributed by atoms with E-state index in [0.29, 0.717) is 53.7 Å². The molecule has 1 aromatic carbocycles. The minimum absolute atomic E-state index is 0.102. The van der Waals surface area contributed by atoms with Gasteiger partial charge in [-0.25, -0.2) is 9.97 Å². The number of hydrogen-bond acceptors (Lipinski definition) is 6. The molecule has 2 N–H and O–H groups in total. The number of carboxylic acids is 1. The number of pyridine rings is 1. The zero-order valence-electron chi connectivity index (χ0n) is 16.6. The molecule has 0 unspecified atom stereocenters. The number of ether oxygens (including phenoxy) is 1. The Bertz CT molecular complexity index is 1050. The lowest BCUT2D eigenvalue weighted by Gasteiger charge is -2.36. The van der Waals surface area contributed by atoms with Crippen molar-refractivity contribution in [2.75, 3.05) is 5.32 Å². The second kappa shape index (κ2) is 9.42. The lowest BCUT2D eigenvalue weighted by Crippen LogP contribution is -2.40. The zero-order valence-corrected chi connectivity index (χ0v) is 18.9. The van der Waals surface area contributed by atoms with Crippen LogP contribution in [-0.4, -0.2) is 27.1 Å². The standard InChI is InChI=1S/C22H21Cl2N3O3S/c23-16-4-2-5-17(19(16)24)30-15-7-9-22(10-8-15,20(28)29)13-14-3-1-6-18(26-14)27-21-25-11-12-31-21/h1-6,11-12,15H,7-10,13H2,(H,28,29)(H,25,26,27)/t15-,22-. The second-order valence-electron chi connectivity index (χ2n) is 7.61. The fraction of sp³-hybridized carbons (Fsp3) is 0.318. The first-order chi connectivity index (χ1) is 14.9. The number of nitrogens with one attached hydrogen (secondary N) is 1. The van der Waals surface area contributed by atoms with Crippen molar-refractivity contribution in [1.29, 1.82) is 0 Å². The van der Waals surface area contributed by atoms with Crippen LogP contribution < -0.4 is 10.1 Å². The Morgan fingerprint density at radius 2 is 2.00 bits per heavy atom. The Kier molecular flexibility index (Phi) is 6.65. The molecule has 9 heteroatoms. The number of rotatable bonds is 7. The molecular weight excluding hydrogens is 457 g/mol. The third kappa shape index (κ3) is 5.11. The van der Waals surface area contributed by atoms with Crippen molar-refractivity contribution in [1.82, 2.24) is 9.97 Å². The summed E-state index contributed by atoms with van der Waals surface area (Å²) in [6.07, 6.45) is 4.20. The van der Waals surface area contributed by atoms with Gasteiger partial charge in [-0.1, -0.05) is 35.3 Å². The maximum atomic E-state index is 12.3. The van der Waals surface area contributed by atoms with Gasteiger partial charge in [-0.2, -0.15) is 0 Å². The molecule has 1 fully saturated rings. The normalized spacial score (nSPS) is 20.9. The van der Waals surface area contributed by atoms with Crippen molar-refractivity contribution < 1.29 is 14.6 Å². The van der Waals surface area contributed by atoms with Crippen LogP contribution in [0.3, 0.4) is 0 Å². The van der Waals surface area contributed by atoms with Gasteiger partial charge in [-0.15, -0.1) is 11.3 Å². The summed E-state index contributed by atoms with van der Waals surface area (Å²) in [5.74, 6) is 0.386. The van der Waals surface area contributed by atoms with E-state index in [9.17, 15) is 9.90 Å². The van der Waals surface area contributed by atoms with Gasteiger partial charge >= 0.3 is 5.97 Å². The predicted molar refractivity (Wildman–Crippen MR) is 123 cm³/mol. The van der Waals surface area contributed by atoms with Crippen LogP contribution in [0.4, 0.5) is 10.9 Å². The van der Waals surface area contributed by atoms with E-state index in [1.807, 2.05) is 23.6 Å². The Labute approximate surface area is 194 Å². The van der Waals surface area contributed by atoms with Crippen LogP contribution in [0.1, 0.15) is 31.4 Å². The molecule has 1 aliphatic rings. The van der Waals surface area contributed by atoms with E-state index in [1.54, 1.807) is 24.4 Å². The van der Waals surface area contributed by atoms with Crippen molar-refractivity contribution >= 4 is 51.5 Å². The number of aliphatic carboxylic acids is 1. The summed E-state index contributed by atoms with van der Waals surface area (Å²) in [5, 5.41) is 16.6. The molecule has 31 heavy (non-hydrogen) atoms. The molecular formula is C22H21Cl2N3O3S. The summed E-state index contributed by atoms with van der Waals surface area (Å²) >= 11 is 13.8. The molecule has 0 bridgehead atoms. The molecule has 0 saturated heterocycles. The number of anilines is 2. The molecule has 6 nitrogen and oxygen atoms in total. The smallest absolute Gasteiger partial charge is 0.310 e. The van der Waals surface area contributed by atoms with Gasteiger partial charge in [0.25, 0.3) is 0 Å². The number of carboxylic acid groups (broad SMARTS) is 1. The average Bonchev–Trinajstić information content (AvgIpc) is 3.26. The van der Waals surface area contributed by atoms with E-state index < -0.39 is 11.4 Å². The van der Waals surface area contributed by atoms with Crippen molar-refractivity contribution in [3.63, 3.8) is 0 Å². The molecule has 3 aromatic rings. The number of carbonyl (C=O) groups is 1. The Hall–Kier alpha value is -2.35. The van der Waals surface area contributed by atoms with Gasteiger partial charge in [-0.05, 0) is 49.9 Å². The van der Waals surface area contributed by atoms with Crippen molar-refractivity contribution in [2.45, 2.75) is 38.2 Å². The molecule has 0 radical (unpaired) electrons. The highest BCUT2D eigenvalue weighted by molar-refractivity contribution is 7.13. The van der Waals surface area contributed by atoms with Crippen molar-refractivity contribution in [2.24, 2.45) is 5.41 Å². The molecule has 0 aliphatic heterocycles. The van der Waals surface area contributed by atoms with Gasteiger partial charge in [0.15, 0.2) is 5.13 Å². The molecule has 2 aromatic heterocycles. The number of benzene rings is 1. The van der Waals surface area contributed by atoms with Crippen LogP contribution >= 0.6 is 34.5 Å². The van der Waals surface area contributed by atoms with E-state index in [1.165, 1.54) is 11.3 Å². The topological polar surface area (TPSA) is 84.3 Å². The van der Waals surface area contributed by atoms with Gasteiger partial charge < -0.3 is 15.2 Å². The Morgan fingerprint density at radius 3 is 2.71 bits per heavy atom. The molecule has 4 rings (SSSR count). The predicted octanol–water partition coefficient (Wildman–Crippen LogP) is 6.22. The van der Waals surface area contributed by atoms with Gasteiger partial charge in [0.2, 0.25) is 0 Å². The van der Waals surface area contributed by atoms with Crippen LogP contribution in [0.5, 0.6) is 5.75 Å². The number of nitrogens with zero attached hydrogens (tertiary/aromatic N) is 2. The maximum Gasteiger partial charge on any atom is 0.310 e. The first-order valence-electron chi connectivity index (χ1n) is 9.92. The van der Waals surface area contributed by atoms with Gasteiger partial charge in [0.05, 0.1) is 16.5 Å². The van der Waals surface area contributed by atoms with Crippen molar-refractivity contribution in [3.8, 4) is 5.75 Å². The molecule has 0 atom stereocenters. The first-order valence-corrected chi connectivity index (χ1v) is 11.6. The second-order valence-corrected chi connectivity index (χ2v) is 9.29. The number of thiazole rings is 1. The minimum atomic E-state index is -0.870. The fourth-order valence-electron chi connectivity index (χ4n) is 3.87.